The Morgan fingerprint density at radius 1 is 1.24 bits per heavy atom. The second-order valence-corrected chi connectivity index (χ2v) is 5.85. The fourth-order valence-electron chi connectivity index (χ4n) is 2.05. The van der Waals surface area contributed by atoms with E-state index in [1.54, 1.807) is 0 Å². The molecule has 1 aromatic carbocycles. The molecule has 1 nitrogen and oxygen atoms in total. The van der Waals surface area contributed by atoms with Gasteiger partial charge in [0.05, 0.1) is 0 Å². The van der Waals surface area contributed by atoms with E-state index in [4.69, 9.17) is 0 Å². The third-order valence-electron chi connectivity index (χ3n) is 3.08. The van der Waals surface area contributed by atoms with Crippen LogP contribution in [0.15, 0.2) is 22.7 Å². The van der Waals surface area contributed by atoms with E-state index < -0.39 is 0 Å². The van der Waals surface area contributed by atoms with Crippen molar-refractivity contribution in [3.63, 3.8) is 0 Å². The summed E-state index contributed by atoms with van der Waals surface area (Å²) in [6.45, 7) is 9.91. The largest absolute Gasteiger partial charge is 0.310 e. The zero-order chi connectivity index (χ0) is 12.8. The monoisotopic (exact) mass is 297 g/mol. The van der Waals surface area contributed by atoms with Crippen LogP contribution >= 0.6 is 15.9 Å². The first kappa shape index (κ1) is 14.7. The van der Waals surface area contributed by atoms with E-state index in [1.165, 1.54) is 28.4 Å². The molecule has 96 valence electrons. The Morgan fingerprint density at radius 3 is 2.53 bits per heavy atom. The topological polar surface area (TPSA) is 12.0 Å². The van der Waals surface area contributed by atoms with Crippen LogP contribution in [0.5, 0.6) is 0 Å². The summed E-state index contributed by atoms with van der Waals surface area (Å²) in [6, 6.07) is 7.00. The summed E-state index contributed by atoms with van der Waals surface area (Å²) >= 11 is 3.72. The minimum atomic E-state index is 0.469. The van der Waals surface area contributed by atoms with E-state index in [0.29, 0.717) is 6.04 Å². The molecule has 0 aliphatic heterocycles. The lowest BCUT2D eigenvalue weighted by Gasteiger charge is -2.21. The standard InChI is InChI=1S/C15H24BrN/c1-5-17-14(10-9-11(2)3)13-8-6-7-12(4)15(13)16/h6-8,11,14,17H,5,9-10H2,1-4H3. The van der Waals surface area contributed by atoms with Crippen LogP contribution in [0.1, 0.15) is 50.8 Å². The Hall–Kier alpha value is -0.340. The summed E-state index contributed by atoms with van der Waals surface area (Å²) in [4.78, 5) is 0. The predicted molar refractivity (Wildman–Crippen MR) is 79.4 cm³/mol. The molecule has 0 fully saturated rings. The smallest absolute Gasteiger partial charge is 0.0331 e. The lowest BCUT2D eigenvalue weighted by atomic mass is 9.96. The van der Waals surface area contributed by atoms with Gasteiger partial charge in [-0.2, -0.15) is 0 Å². The molecule has 0 aliphatic rings. The van der Waals surface area contributed by atoms with Crippen molar-refractivity contribution in [2.45, 2.75) is 46.6 Å². The molecule has 0 radical (unpaired) electrons. The maximum atomic E-state index is 3.72. The van der Waals surface area contributed by atoms with Crippen LogP contribution in [0, 0.1) is 12.8 Å². The van der Waals surface area contributed by atoms with Crippen molar-refractivity contribution in [1.29, 1.82) is 0 Å². The lowest BCUT2D eigenvalue weighted by Crippen LogP contribution is -2.22. The first-order valence-electron chi connectivity index (χ1n) is 6.54. The van der Waals surface area contributed by atoms with Crippen LogP contribution in [0.25, 0.3) is 0 Å². The number of hydrogen-bond acceptors (Lipinski definition) is 1. The molecule has 0 heterocycles. The second-order valence-electron chi connectivity index (χ2n) is 5.06. The third kappa shape index (κ3) is 4.44. The summed E-state index contributed by atoms with van der Waals surface area (Å²) in [5.41, 5.74) is 2.71. The van der Waals surface area contributed by atoms with Gasteiger partial charge >= 0.3 is 0 Å². The maximum Gasteiger partial charge on any atom is 0.0331 e. The first-order chi connectivity index (χ1) is 8.06. The van der Waals surface area contributed by atoms with Crippen LogP contribution in [-0.4, -0.2) is 6.54 Å². The second kappa shape index (κ2) is 7.17. The molecular formula is C15H24BrN. The Balaban J connectivity index is 2.85. The van der Waals surface area contributed by atoms with E-state index in [-0.39, 0.29) is 0 Å². The highest BCUT2D eigenvalue weighted by Crippen LogP contribution is 2.29. The predicted octanol–water partition coefficient (Wildman–Crippen LogP) is 4.84. The molecule has 0 amide bonds. The van der Waals surface area contributed by atoms with E-state index in [0.717, 1.165) is 12.5 Å². The molecule has 2 heteroatoms. The van der Waals surface area contributed by atoms with Gasteiger partial charge in [0.15, 0.2) is 0 Å². The summed E-state index contributed by atoms with van der Waals surface area (Å²) in [5.74, 6) is 0.764. The Bertz CT molecular complexity index is 347. The first-order valence-corrected chi connectivity index (χ1v) is 7.34. The quantitative estimate of drug-likeness (QED) is 0.792. The molecule has 1 unspecified atom stereocenters. The average Bonchev–Trinajstić information content (AvgIpc) is 2.28. The lowest BCUT2D eigenvalue weighted by molar-refractivity contribution is 0.447. The molecule has 1 aromatic rings. The van der Waals surface area contributed by atoms with Gasteiger partial charge in [-0.05, 0) is 43.4 Å². The molecule has 1 atom stereocenters. The fourth-order valence-corrected chi connectivity index (χ4v) is 2.59. The van der Waals surface area contributed by atoms with Gasteiger partial charge in [-0.1, -0.05) is 54.9 Å². The highest BCUT2D eigenvalue weighted by Gasteiger charge is 2.14. The van der Waals surface area contributed by atoms with Gasteiger partial charge in [0, 0.05) is 10.5 Å². The zero-order valence-corrected chi connectivity index (χ0v) is 13.0. The zero-order valence-electron chi connectivity index (χ0n) is 11.4. The summed E-state index contributed by atoms with van der Waals surface area (Å²) in [6.07, 6.45) is 2.46. The fraction of sp³-hybridized carbons (Fsp3) is 0.600. The Kier molecular flexibility index (Phi) is 6.21. The van der Waals surface area contributed by atoms with Gasteiger partial charge in [0.2, 0.25) is 0 Å². The van der Waals surface area contributed by atoms with E-state index in [2.05, 4.69) is 67.1 Å². The Labute approximate surface area is 114 Å². The van der Waals surface area contributed by atoms with Gasteiger partial charge in [0.25, 0.3) is 0 Å². The van der Waals surface area contributed by atoms with Crippen molar-refractivity contribution in [2.24, 2.45) is 5.92 Å². The van der Waals surface area contributed by atoms with Crippen molar-refractivity contribution < 1.29 is 0 Å². The van der Waals surface area contributed by atoms with Crippen LogP contribution in [0.3, 0.4) is 0 Å². The minimum absolute atomic E-state index is 0.469. The number of rotatable bonds is 6. The van der Waals surface area contributed by atoms with Crippen molar-refractivity contribution in [2.75, 3.05) is 6.54 Å². The van der Waals surface area contributed by atoms with E-state index in [1.807, 2.05) is 0 Å². The van der Waals surface area contributed by atoms with Gasteiger partial charge in [-0.3, -0.25) is 0 Å². The molecule has 0 bridgehead atoms. The van der Waals surface area contributed by atoms with Gasteiger partial charge < -0.3 is 5.32 Å². The highest BCUT2D eigenvalue weighted by molar-refractivity contribution is 9.10. The summed E-state index contributed by atoms with van der Waals surface area (Å²) < 4.78 is 1.26. The molecular weight excluding hydrogens is 274 g/mol. The van der Waals surface area contributed by atoms with E-state index in [9.17, 15) is 0 Å². The van der Waals surface area contributed by atoms with Crippen molar-refractivity contribution in [1.82, 2.24) is 5.32 Å². The van der Waals surface area contributed by atoms with Crippen LogP contribution in [0.4, 0.5) is 0 Å². The molecule has 17 heavy (non-hydrogen) atoms. The van der Waals surface area contributed by atoms with Crippen molar-refractivity contribution in [3.05, 3.63) is 33.8 Å². The van der Waals surface area contributed by atoms with Gasteiger partial charge in [-0.25, -0.2) is 0 Å². The number of aryl methyl sites for hydroxylation is 1. The number of benzene rings is 1. The SMILES string of the molecule is CCNC(CCC(C)C)c1cccc(C)c1Br. The molecule has 0 saturated carbocycles. The van der Waals surface area contributed by atoms with Crippen LogP contribution < -0.4 is 5.32 Å². The molecule has 0 saturated heterocycles. The summed E-state index contributed by atoms with van der Waals surface area (Å²) in [5, 5.41) is 3.59. The average molecular weight is 298 g/mol. The van der Waals surface area contributed by atoms with E-state index >= 15 is 0 Å². The van der Waals surface area contributed by atoms with Crippen LogP contribution in [-0.2, 0) is 0 Å². The number of hydrogen-bond donors (Lipinski definition) is 1. The maximum absolute atomic E-state index is 3.72. The molecule has 0 spiro atoms. The van der Waals surface area contributed by atoms with Gasteiger partial charge in [-0.15, -0.1) is 0 Å². The third-order valence-corrected chi connectivity index (χ3v) is 4.16. The summed E-state index contributed by atoms with van der Waals surface area (Å²) in [7, 11) is 0. The number of halogens is 1. The molecule has 0 aliphatic carbocycles. The normalized spacial score (nSPS) is 13.1. The molecule has 1 rings (SSSR count). The van der Waals surface area contributed by atoms with Crippen LogP contribution in [0.2, 0.25) is 0 Å². The van der Waals surface area contributed by atoms with Crippen molar-refractivity contribution >= 4 is 15.9 Å². The number of nitrogens with one attached hydrogen (secondary N) is 1. The highest BCUT2D eigenvalue weighted by atomic mass is 79.9. The van der Waals surface area contributed by atoms with Crippen molar-refractivity contribution in [3.8, 4) is 0 Å². The molecule has 0 aromatic heterocycles. The minimum Gasteiger partial charge on any atom is -0.310 e. The molecule has 1 N–H and O–H groups in total. The Morgan fingerprint density at radius 2 is 1.94 bits per heavy atom. The van der Waals surface area contributed by atoms with Gasteiger partial charge in [0.1, 0.15) is 0 Å².